The van der Waals surface area contributed by atoms with Crippen molar-refractivity contribution in [1.29, 1.82) is 0 Å². The van der Waals surface area contributed by atoms with E-state index in [2.05, 4.69) is 40.2 Å². The average molecular weight is 220 g/mol. The number of benzene rings is 1. The van der Waals surface area contributed by atoms with Crippen molar-refractivity contribution in [2.45, 2.75) is 6.54 Å². The molecule has 0 amide bonds. The lowest BCUT2D eigenvalue weighted by molar-refractivity contribution is 0.432. The SMILES string of the molecule is CN=C1CSCCN1Cc1ccccc1. The molecule has 80 valence electrons. The third kappa shape index (κ3) is 2.75. The van der Waals surface area contributed by atoms with Gasteiger partial charge in [0, 0.05) is 25.9 Å². The van der Waals surface area contributed by atoms with Gasteiger partial charge in [0.25, 0.3) is 0 Å². The zero-order chi connectivity index (χ0) is 10.5. The molecule has 1 aliphatic rings. The van der Waals surface area contributed by atoms with E-state index in [9.17, 15) is 0 Å². The number of hydrogen-bond acceptors (Lipinski definition) is 2. The maximum absolute atomic E-state index is 4.35. The minimum Gasteiger partial charge on any atom is -0.355 e. The van der Waals surface area contributed by atoms with E-state index in [0.29, 0.717) is 0 Å². The van der Waals surface area contributed by atoms with E-state index in [1.807, 2.05) is 18.8 Å². The quantitative estimate of drug-likeness (QED) is 0.760. The van der Waals surface area contributed by atoms with E-state index in [1.165, 1.54) is 17.2 Å². The van der Waals surface area contributed by atoms with Gasteiger partial charge in [-0.1, -0.05) is 30.3 Å². The molecule has 1 saturated heterocycles. The second kappa shape index (κ2) is 5.21. The molecule has 0 spiro atoms. The van der Waals surface area contributed by atoms with E-state index in [4.69, 9.17) is 0 Å². The molecule has 15 heavy (non-hydrogen) atoms. The Balaban J connectivity index is 2.04. The molecule has 1 aromatic rings. The summed E-state index contributed by atoms with van der Waals surface area (Å²) >= 11 is 1.97. The molecule has 0 unspecified atom stereocenters. The molecule has 2 nitrogen and oxygen atoms in total. The molecule has 0 aromatic heterocycles. The van der Waals surface area contributed by atoms with E-state index < -0.39 is 0 Å². The zero-order valence-electron chi connectivity index (χ0n) is 9.02. The van der Waals surface area contributed by atoms with Crippen molar-refractivity contribution in [2.24, 2.45) is 4.99 Å². The second-order valence-corrected chi connectivity index (χ2v) is 4.70. The third-order valence-corrected chi connectivity index (χ3v) is 3.51. The first-order chi connectivity index (χ1) is 7.40. The van der Waals surface area contributed by atoms with Crippen LogP contribution in [0.15, 0.2) is 35.3 Å². The zero-order valence-corrected chi connectivity index (χ0v) is 9.83. The minimum absolute atomic E-state index is 0.994. The Hall–Kier alpha value is -0.960. The molecule has 1 heterocycles. The summed E-state index contributed by atoms with van der Waals surface area (Å²) in [5.74, 6) is 3.50. The molecule has 0 N–H and O–H groups in total. The molecule has 0 atom stereocenters. The maximum Gasteiger partial charge on any atom is 0.109 e. The molecule has 0 radical (unpaired) electrons. The standard InChI is InChI=1S/C12H16N2S/c1-13-12-10-15-8-7-14(12)9-11-5-3-2-4-6-11/h2-6H,7-10H2,1H3. The first kappa shape index (κ1) is 10.6. The van der Waals surface area contributed by atoms with E-state index in [1.54, 1.807) is 0 Å². The van der Waals surface area contributed by atoms with Gasteiger partial charge < -0.3 is 4.90 Å². The lowest BCUT2D eigenvalue weighted by atomic mass is 10.2. The van der Waals surface area contributed by atoms with Crippen LogP contribution in [0.1, 0.15) is 5.56 Å². The van der Waals surface area contributed by atoms with Crippen molar-refractivity contribution >= 4 is 17.6 Å². The number of hydrogen-bond donors (Lipinski definition) is 0. The van der Waals surface area contributed by atoms with E-state index in [0.717, 1.165) is 18.8 Å². The number of aliphatic imine (C=N–C) groups is 1. The van der Waals surface area contributed by atoms with Gasteiger partial charge in [0.15, 0.2) is 0 Å². The number of rotatable bonds is 2. The predicted octanol–water partition coefficient (Wildman–Crippen LogP) is 2.26. The first-order valence-electron chi connectivity index (χ1n) is 5.22. The van der Waals surface area contributed by atoms with Gasteiger partial charge in [-0.15, -0.1) is 0 Å². The third-order valence-electron chi connectivity index (χ3n) is 2.58. The van der Waals surface area contributed by atoms with Crippen molar-refractivity contribution in [2.75, 3.05) is 25.1 Å². The van der Waals surface area contributed by atoms with Crippen LogP contribution in [-0.4, -0.2) is 35.8 Å². The van der Waals surface area contributed by atoms with Crippen LogP contribution in [-0.2, 0) is 6.54 Å². The Morgan fingerprint density at radius 3 is 2.87 bits per heavy atom. The highest BCUT2D eigenvalue weighted by atomic mass is 32.2. The minimum atomic E-state index is 0.994. The second-order valence-electron chi connectivity index (χ2n) is 3.60. The molecular weight excluding hydrogens is 204 g/mol. The highest BCUT2D eigenvalue weighted by molar-refractivity contribution is 8.00. The van der Waals surface area contributed by atoms with Gasteiger partial charge in [-0.3, -0.25) is 4.99 Å². The summed E-state index contributed by atoms with van der Waals surface area (Å²) in [7, 11) is 1.89. The molecule has 0 bridgehead atoms. The monoisotopic (exact) mass is 220 g/mol. The van der Waals surface area contributed by atoms with Crippen LogP contribution in [0.25, 0.3) is 0 Å². The van der Waals surface area contributed by atoms with Gasteiger partial charge in [0.2, 0.25) is 0 Å². The summed E-state index contributed by atoms with van der Waals surface area (Å²) in [4.78, 5) is 6.73. The smallest absolute Gasteiger partial charge is 0.109 e. The van der Waals surface area contributed by atoms with Gasteiger partial charge in [-0.2, -0.15) is 11.8 Å². The van der Waals surface area contributed by atoms with Crippen molar-refractivity contribution in [1.82, 2.24) is 4.90 Å². The highest BCUT2D eigenvalue weighted by Crippen LogP contribution is 2.14. The summed E-state index contributed by atoms with van der Waals surface area (Å²) in [5.41, 5.74) is 1.37. The van der Waals surface area contributed by atoms with E-state index in [-0.39, 0.29) is 0 Å². The van der Waals surface area contributed by atoms with E-state index >= 15 is 0 Å². The lowest BCUT2D eigenvalue weighted by Gasteiger charge is -2.29. The number of thioether (sulfide) groups is 1. The summed E-state index contributed by atoms with van der Waals surface area (Å²) in [6.07, 6.45) is 0. The molecule has 2 rings (SSSR count). The fraction of sp³-hybridized carbons (Fsp3) is 0.417. The fourth-order valence-corrected chi connectivity index (χ4v) is 2.73. The summed E-state index contributed by atoms with van der Waals surface area (Å²) in [6, 6.07) is 10.6. The number of amidine groups is 1. The molecular formula is C12H16N2S. The van der Waals surface area contributed by atoms with Crippen LogP contribution in [0, 0.1) is 0 Å². The largest absolute Gasteiger partial charge is 0.355 e. The van der Waals surface area contributed by atoms with Gasteiger partial charge in [0.1, 0.15) is 5.84 Å². The van der Waals surface area contributed by atoms with Crippen LogP contribution in [0.4, 0.5) is 0 Å². The molecule has 3 heteroatoms. The summed E-state index contributed by atoms with van der Waals surface area (Å²) < 4.78 is 0. The molecule has 0 saturated carbocycles. The molecule has 1 aromatic carbocycles. The lowest BCUT2D eigenvalue weighted by Crippen LogP contribution is -2.37. The number of nitrogens with zero attached hydrogens (tertiary/aromatic N) is 2. The Morgan fingerprint density at radius 1 is 1.33 bits per heavy atom. The van der Waals surface area contributed by atoms with Crippen molar-refractivity contribution in [3.8, 4) is 0 Å². The van der Waals surface area contributed by atoms with Gasteiger partial charge in [-0.05, 0) is 5.56 Å². The van der Waals surface area contributed by atoms with Crippen LogP contribution >= 0.6 is 11.8 Å². The highest BCUT2D eigenvalue weighted by Gasteiger charge is 2.15. The molecule has 0 aliphatic carbocycles. The predicted molar refractivity (Wildman–Crippen MR) is 67.5 cm³/mol. The van der Waals surface area contributed by atoms with Crippen LogP contribution < -0.4 is 0 Å². The van der Waals surface area contributed by atoms with Crippen molar-refractivity contribution in [3.05, 3.63) is 35.9 Å². The van der Waals surface area contributed by atoms with Crippen LogP contribution in [0.3, 0.4) is 0 Å². The van der Waals surface area contributed by atoms with Crippen molar-refractivity contribution in [3.63, 3.8) is 0 Å². The van der Waals surface area contributed by atoms with Crippen LogP contribution in [0.5, 0.6) is 0 Å². The van der Waals surface area contributed by atoms with Gasteiger partial charge in [0.05, 0.1) is 5.75 Å². The topological polar surface area (TPSA) is 15.6 Å². The maximum atomic E-state index is 4.35. The Labute approximate surface area is 95.4 Å². The molecule has 1 aliphatic heterocycles. The molecule has 1 fully saturated rings. The Morgan fingerprint density at radius 2 is 2.13 bits per heavy atom. The summed E-state index contributed by atoms with van der Waals surface area (Å²) in [5, 5.41) is 0. The van der Waals surface area contributed by atoms with Gasteiger partial charge >= 0.3 is 0 Å². The normalized spacial score (nSPS) is 19.5. The first-order valence-corrected chi connectivity index (χ1v) is 6.38. The van der Waals surface area contributed by atoms with Crippen LogP contribution in [0.2, 0.25) is 0 Å². The van der Waals surface area contributed by atoms with Crippen molar-refractivity contribution < 1.29 is 0 Å². The Kier molecular flexibility index (Phi) is 3.67. The average Bonchev–Trinajstić information content (AvgIpc) is 2.31. The fourth-order valence-electron chi connectivity index (χ4n) is 1.74. The Bertz CT molecular complexity index is 335. The summed E-state index contributed by atoms with van der Waals surface area (Å²) in [6.45, 7) is 2.11. The van der Waals surface area contributed by atoms with Gasteiger partial charge in [-0.25, -0.2) is 0 Å².